The molecule has 1 aromatic carbocycles. The second kappa shape index (κ2) is 9.09. The molecule has 2 N–H and O–H groups in total. The molecule has 0 heterocycles. The number of ether oxygens (including phenoxy) is 1. The summed E-state index contributed by atoms with van der Waals surface area (Å²) in [7, 11) is 1.67. The molecule has 20 heavy (non-hydrogen) atoms. The first kappa shape index (κ1) is 16.2. The van der Waals surface area contributed by atoms with Crippen LogP contribution < -0.4 is 15.5 Å². The maximum Gasteiger partial charge on any atom is 0.187 e. The predicted octanol–water partition coefficient (Wildman–Crippen LogP) is 2.65. The maximum absolute atomic E-state index is 5.13. The highest BCUT2D eigenvalue weighted by Gasteiger charge is 1.98. The van der Waals surface area contributed by atoms with E-state index in [-0.39, 0.29) is 0 Å². The van der Waals surface area contributed by atoms with Crippen LogP contribution in [-0.4, -0.2) is 24.5 Å². The van der Waals surface area contributed by atoms with E-state index in [0.717, 1.165) is 24.3 Å². The minimum atomic E-state index is 0.508. The van der Waals surface area contributed by atoms with E-state index in [0.29, 0.717) is 11.7 Å². The molecule has 108 valence electrons. The van der Waals surface area contributed by atoms with Crippen molar-refractivity contribution in [2.45, 2.75) is 19.8 Å². The van der Waals surface area contributed by atoms with Gasteiger partial charge in [0.2, 0.25) is 0 Å². The zero-order valence-corrected chi connectivity index (χ0v) is 12.8. The fourth-order valence-electron chi connectivity index (χ4n) is 1.52. The number of aryl methyl sites for hydroxylation is 1. The van der Waals surface area contributed by atoms with E-state index in [4.69, 9.17) is 17.0 Å². The largest absolute Gasteiger partial charge is 0.497 e. The van der Waals surface area contributed by atoms with Crippen LogP contribution >= 0.6 is 12.2 Å². The Morgan fingerprint density at radius 2 is 2.10 bits per heavy atom. The maximum atomic E-state index is 5.13. The van der Waals surface area contributed by atoms with E-state index in [9.17, 15) is 0 Å². The van der Waals surface area contributed by atoms with Crippen LogP contribution in [0.4, 0.5) is 0 Å². The van der Waals surface area contributed by atoms with Crippen molar-refractivity contribution in [3.8, 4) is 5.75 Å². The number of methoxy groups -OCH3 is 1. The van der Waals surface area contributed by atoms with E-state index in [1.807, 2.05) is 19.1 Å². The second-order valence-corrected chi connectivity index (χ2v) is 4.71. The molecule has 1 aromatic rings. The van der Waals surface area contributed by atoms with Crippen LogP contribution in [0.1, 0.15) is 18.9 Å². The van der Waals surface area contributed by atoms with E-state index in [1.54, 1.807) is 13.2 Å². The fraction of sp³-hybridized carbons (Fsp3) is 0.333. The summed E-state index contributed by atoms with van der Waals surface area (Å²) in [6.45, 7) is 6.22. The topological polar surface area (TPSA) is 45.7 Å². The summed E-state index contributed by atoms with van der Waals surface area (Å²) in [6, 6.07) is 8.06. The van der Waals surface area contributed by atoms with Crippen LogP contribution in [0.15, 0.2) is 42.0 Å². The smallest absolute Gasteiger partial charge is 0.187 e. The van der Waals surface area contributed by atoms with Gasteiger partial charge < -0.3 is 10.1 Å². The average molecular weight is 291 g/mol. The highest BCUT2D eigenvalue weighted by Crippen LogP contribution is 2.12. The third-order valence-corrected chi connectivity index (χ3v) is 2.93. The molecule has 0 radical (unpaired) electrons. The Balaban J connectivity index is 2.35. The third-order valence-electron chi connectivity index (χ3n) is 2.69. The molecule has 0 saturated carbocycles. The minimum absolute atomic E-state index is 0.508. The molecular weight excluding hydrogens is 270 g/mol. The number of nitrogens with zero attached hydrogens (tertiary/aromatic N) is 1. The molecule has 0 fully saturated rings. The Labute approximate surface area is 125 Å². The molecule has 0 unspecified atom stereocenters. The SMILES string of the molecule is C=CCNC(=S)N/N=C(/C)CCc1ccc(OC)cc1. The molecule has 4 nitrogen and oxygen atoms in total. The molecule has 0 bridgehead atoms. The Kier molecular flexibility index (Phi) is 7.35. The highest BCUT2D eigenvalue weighted by molar-refractivity contribution is 7.80. The van der Waals surface area contributed by atoms with Gasteiger partial charge in [0.25, 0.3) is 0 Å². The first-order valence-corrected chi connectivity index (χ1v) is 6.87. The van der Waals surface area contributed by atoms with Crippen molar-refractivity contribution in [3.05, 3.63) is 42.5 Å². The first-order valence-electron chi connectivity index (χ1n) is 6.46. The Bertz CT molecular complexity index is 469. The van der Waals surface area contributed by atoms with E-state index in [2.05, 4.69) is 34.6 Å². The van der Waals surface area contributed by atoms with E-state index < -0.39 is 0 Å². The number of hydrazone groups is 1. The van der Waals surface area contributed by atoms with Crippen molar-refractivity contribution < 1.29 is 4.74 Å². The summed E-state index contributed by atoms with van der Waals surface area (Å²) in [5, 5.41) is 7.69. The number of thiocarbonyl (C=S) groups is 1. The lowest BCUT2D eigenvalue weighted by atomic mass is 10.1. The molecular formula is C15H21N3OS. The number of nitrogens with one attached hydrogen (secondary N) is 2. The predicted molar refractivity (Wildman–Crippen MR) is 88.4 cm³/mol. The molecule has 0 spiro atoms. The van der Waals surface area contributed by atoms with Gasteiger partial charge in [0.1, 0.15) is 5.75 Å². The van der Waals surface area contributed by atoms with Crippen molar-refractivity contribution in [2.24, 2.45) is 5.10 Å². The van der Waals surface area contributed by atoms with Crippen LogP contribution in [0.5, 0.6) is 5.75 Å². The van der Waals surface area contributed by atoms with Gasteiger partial charge in [-0.05, 0) is 49.7 Å². The van der Waals surface area contributed by atoms with Gasteiger partial charge in [-0.1, -0.05) is 18.2 Å². The molecule has 1 rings (SSSR count). The van der Waals surface area contributed by atoms with E-state index in [1.165, 1.54) is 5.56 Å². The normalized spacial score (nSPS) is 10.8. The lowest BCUT2D eigenvalue weighted by Gasteiger charge is -2.06. The van der Waals surface area contributed by atoms with Gasteiger partial charge in [-0.15, -0.1) is 6.58 Å². The number of rotatable bonds is 7. The summed E-state index contributed by atoms with van der Waals surface area (Å²) in [4.78, 5) is 0. The van der Waals surface area contributed by atoms with Gasteiger partial charge in [0.15, 0.2) is 5.11 Å². The Morgan fingerprint density at radius 3 is 2.70 bits per heavy atom. The van der Waals surface area contributed by atoms with Gasteiger partial charge in [0, 0.05) is 12.3 Å². The Hall–Kier alpha value is -1.88. The summed E-state index contributed by atoms with van der Waals surface area (Å²) in [6.07, 6.45) is 3.56. The molecule has 0 aliphatic carbocycles. The lowest BCUT2D eigenvalue weighted by molar-refractivity contribution is 0.414. The summed E-state index contributed by atoms with van der Waals surface area (Å²) in [5.74, 6) is 0.874. The summed E-state index contributed by atoms with van der Waals surface area (Å²) >= 11 is 5.05. The standard InChI is InChI=1S/C15H21N3OS/c1-4-11-16-15(20)18-17-12(2)5-6-13-7-9-14(19-3)10-8-13/h4,7-10H,1,5-6,11H2,2-3H3,(H2,16,18,20)/b17-12-. The van der Waals surface area contributed by atoms with Crippen molar-refractivity contribution in [3.63, 3.8) is 0 Å². The quantitative estimate of drug-likeness (QED) is 0.351. The summed E-state index contributed by atoms with van der Waals surface area (Å²) in [5.41, 5.74) is 5.07. The minimum Gasteiger partial charge on any atom is -0.497 e. The van der Waals surface area contributed by atoms with Crippen LogP contribution in [0.2, 0.25) is 0 Å². The van der Waals surface area contributed by atoms with Crippen molar-refractivity contribution in [1.29, 1.82) is 0 Å². The zero-order valence-electron chi connectivity index (χ0n) is 12.0. The fourth-order valence-corrected chi connectivity index (χ4v) is 1.65. The number of benzene rings is 1. The molecule has 0 saturated heterocycles. The molecule has 0 aliphatic rings. The van der Waals surface area contributed by atoms with Crippen molar-refractivity contribution in [1.82, 2.24) is 10.7 Å². The molecule has 0 aromatic heterocycles. The average Bonchev–Trinajstić information content (AvgIpc) is 2.49. The molecule has 0 amide bonds. The first-order chi connectivity index (χ1) is 9.65. The van der Waals surface area contributed by atoms with Gasteiger partial charge in [-0.25, -0.2) is 0 Å². The molecule has 0 aliphatic heterocycles. The van der Waals surface area contributed by atoms with E-state index >= 15 is 0 Å². The zero-order chi connectivity index (χ0) is 14.8. The third kappa shape index (κ3) is 6.33. The van der Waals surface area contributed by atoms with Crippen molar-refractivity contribution >= 4 is 23.0 Å². The lowest BCUT2D eigenvalue weighted by Crippen LogP contribution is -2.32. The van der Waals surface area contributed by atoms with Gasteiger partial charge in [0.05, 0.1) is 7.11 Å². The van der Waals surface area contributed by atoms with Gasteiger partial charge >= 0.3 is 0 Å². The van der Waals surface area contributed by atoms with Crippen LogP contribution in [0, 0.1) is 0 Å². The second-order valence-electron chi connectivity index (χ2n) is 4.31. The number of hydrogen-bond donors (Lipinski definition) is 2. The van der Waals surface area contributed by atoms with Gasteiger partial charge in [-0.3, -0.25) is 5.43 Å². The van der Waals surface area contributed by atoms with Crippen LogP contribution in [0.3, 0.4) is 0 Å². The number of hydrogen-bond acceptors (Lipinski definition) is 3. The Morgan fingerprint density at radius 1 is 1.40 bits per heavy atom. The van der Waals surface area contributed by atoms with Crippen LogP contribution in [-0.2, 0) is 6.42 Å². The van der Waals surface area contributed by atoms with Crippen molar-refractivity contribution in [2.75, 3.05) is 13.7 Å². The summed E-state index contributed by atoms with van der Waals surface area (Å²) < 4.78 is 5.13. The monoisotopic (exact) mass is 291 g/mol. The van der Waals surface area contributed by atoms with Crippen LogP contribution in [0.25, 0.3) is 0 Å². The molecule has 0 atom stereocenters. The highest BCUT2D eigenvalue weighted by atomic mass is 32.1. The van der Waals surface area contributed by atoms with Gasteiger partial charge in [-0.2, -0.15) is 5.10 Å². The molecule has 5 heteroatoms.